The summed E-state index contributed by atoms with van der Waals surface area (Å²) in [6.07, 6.45) is 1.18. The number of nitrogens with two attached hydrogens (primary N) is 1. The Morgan fingerprint density at radius 1 is 1.44 bits per heavy atom. The number of aliphatic carboxylic acids is 1. The number of rotatable bonds is 10. The lowest BCUT2D eigenvalue weighted by Crippen LogP contribution is -2.73. The molecule has 2 unspecified atom stereocenters. The molecule has 0 radical (unpaired) electrons. The number of carboxylic acid groups (broad SMARTS) is 1. The summed E-state index contributed by atoms with van der Waals surface area (Å²) in [5, 5.41) is 33.1. The number of nitrogens with one attached hydrogen (secondary N) is 1. The van der Waals surface area contributed by atoms with Crippen molar-refractivity contribution in [3.8, 4) is 6.07 Å². The number of nitrogens with zero attached hydrogens (tertiary/aromatic N) is 7. The molecule has 19 heteroatoms. The first kappa shape index (κ1) is 26.5. The maximum Gasteiger partial charge on any atom is 0.362 e. The van der Waals surface area contributed by atoms with E-state index >= 15 is 0 Å². The van der Waals surface area contributed by atoms with Gasteiger partial charge < -0.3 is 21.0 Å². The third-order valence-corrected chi connectivity index (χ3v) is 6.38. The molecular weight excluding hydrogens is 522 g/mol. The standard InChI is InChI=1S/C17H19N9O8S2/c1-17(2,15(29)30)34-24-11(9-7-35-16(19)21-9)13(27)22-12-10(26(14(12)28)36(31,32)33)6-25-20-5-8(23-25)3-4-18/h5,7,10,12H,3,6H2,1-2H3,(H2,19,21)(H,22,27)(H,29,30)(H,31,32,33)/b24-11-. The summed E-state index contributed by atoms with van der Waals surface area (Å²) in [5.74, 6) is -3.62. The molecular formula is C17H19N9O8S2. The maximum atomic E-state index is 13.0. The highest BCUT2D eigenvalue weighted by Crippen LogP contribution is 2.25. The van der Waals surface area contributed by atoms with Crippen LogP contribution in [0.4, 0.5) is 5.13 Å². The molecule has 2 aromatic rings. The van der Waals surface area contributed by atoms with E-state index in [9.17, 15) is 32.5 Å². The Morgan fingerprint density at radius 2 is 2.14 bits per heavy atom. The smallest absolute Gasteiger partial charge is 0.362 e. The summed E-state index contributed by atoms with van der Waals surface area (Å²) in [5.41, 5.74) is 3.40. The molecule has 0 aliphatic carbocycles. The zero-order chi connectivity index (χ0) is 26.8. The van der Waals surface area contributed by atoms with Gasteiger partial charge in [0, 0.05) is 5.38 Å². The number of carboxylic acids is 1. The van der Waals surface area contributed by atoms with Crippen LogP contribution in [0.25, 0.3) is 0 Å². The second kappa shape index (κ2) is 9.84. The molecule has 1 saturated heterocycles. The molecule has 2 amide bonds. The molecule has 2 aromatic heterocycles. The lowest BCUT2D eigenvalue weighted by Gasteiger charge is -2.43. The zero-order valence-corrected chi connectivity index (χ0v) is 20.2. The average molecular weight is 542 g/mol. The summed E-state index contributed by atoms with van der Waals surface area (Å²) < 4.78 is 33.1. The lowest BCUT2D eigenvalue weighted by atomic mass is 9.98. The zero-order valence-electron chi connectivity index (χ0n) is 18.6. The van der Waals surface area contributed by atoms with Crippen LogP contribution in [0, 0.1) is 11.3 Å². The summed E-state index contributed by atoms with van der Waals surface area (Å²) in [6.45, 7) is 1.98. The molecule has 3 rings (SSSR count). The second-order valence-corrected chi connectivity index (χ2v) is 9.95. The molecule has 5 N–H and O–H groups in total. The molecule has 36 heavy (non-hydrogen) atoms. The largest absolute Gasteiger partial charge is 0.478 e. The van der Waals surface area contributed by atoms with E-state index in [1.807, 2.05) is 6.07 Å². The first-order chi connectivity index (χ1) is 16.7. The summed E-state index contributed by atoms with van der Waals surface area (Å²) in [4.78, 5) is 46.8. The highest BCUT2D eigenvalue weighted by Gasteiger charge is 2.54. The molecule has 0 spiro atoms. The van der Waals surface area contributed by atoms with E-state index in [1.165, 1.54) is 25.4 Å². The number of carbonyl (C=O) groups excluding carboxylic acids is 2. The maximum absolute atomic E-state index is 13.0. The number of β-lactam (4-membered cyclic amide) rings is 1. The van der Waals surface area contributed by atoms with Crippen LogP contribution < -0.4 is 11.1 Å². The Morgan fingerprint density at radius 3 is 2.69 bits per heavy atom. The fourth-order valence-corrected chi connectivity index (χ4v) is 4.32. The third-order valence-electron chi connectivity index (χ3n) is 4.76. The predicted octanol–water partition coefficient (Wildman–Crippen LogP) is -1.83. The van der Waals surface area contributed by atoms with Gasteiger partial charge in [-0.15, -0.1) is 11.3 Å². The Kier molecular flexibility index (Phi) is 7.23. The molecule has 192 valence electrons. The molecule has 0 aromatic carbocycles. The number of carbonyl (C=O) groups is 3. The van der Waals surface area contributed by atoms with Crippen molar-refractivity contribution in [3.63, 3.8) is 0 Å². The number of hydrogen-bond acceptors (Lipinski definition) is 13. The van der Waals surface area contributed by atoms with Gasteiger partial charge in [-0.25, -0.2) is 14.1 Å². The topological polar surface area (TPSA) is 256 Å². The minimum Gasteiger partial charge on any atom is -0.478 e. The van der Waals surface area contributed by atoms with Crippen molar-refractivity contribution in [2.24, 2.45) is 5.16 Å². The molecule has 0 bridgehead atoms. The lowest BCUT2D eigenvalue weighted by molar-refractivity contribution is -0.161. The van der Waals surface area contributed by atoms with E-state index < -0.39 is 51.5 Å². The Bertz CT molecular complexity index is 1370. The number of thiazole rings is 1. The van der Waals surface area contributed by atoms with Gasteiger partial charge in [-0.3, -0.25) is 14.1 Å². The fraction of sp³-hybridized carbons (Fsp3) is 0.412. The van der Waals surface area contributed by atoms with Gasteiger partial charge in [-0.1, -0.05) is 5.16 Å². The van der Waals surface area contributed by atoms with Gasteiger partial charge in [0.1, 0.15) is 17.8 Å². The average Bonchev–Trinajstić information content (AvgIpc) is 3.39. The van der Waals surface area contributed by atoms with E-state index in [2.05, 4.69) is 25.7 Å². The molecule has 17 nitrogen and oxygen atoms in total. The summed E-state index contributed by atoms with van der Waals surface area (Å²) in [7, 11) is -5.00. The van der Waals surface area contributed by atoms with Gasteiger partial charge in [0.05, 0.1) is 30.9 Å². The number of anilines is 1. The minimum atomic E-state index is -5.00. The Labute approximate surface area is 207 Å². The van der Waals surface area contributed by atoms with Gasteiger partial charge in [0.2, 0.25) is 5.60 Å². The van der Waals surface area contributed by atoms with Crippen LogP contribution >= 0.6 is 11.3 Å². The predicted molar refractivity (Wildman–Crippen MR) is 119 cm³/mol. The molecule has 0 saturated carbocycles. The van der Waals surface area contributed by atoms with Crippen molar-refractivity contribution in [1.82, 2.24) is 29.6 Å². The van der Waals surface area contributed by atoms with Gasteiger partial charge in [-0.2, -0.15) is 28.7 Å². The van der Waals surface area contributed by atoms with Crippen LogP contribution in [0.15, 0.2) is 16.7 Å². The van der Waals surface area contributed by atoms with E-state index in [1.54, 1.807) is 0 Å². The third kappa shape index (κ3) is 5.56. The number of oxime groups is 1. The quantitative estimate of drug-likeness (QED) is 0.112. The molecule has 2 atom stereocenters. The summed E-state index contributed by atoms with van der Waals surface area (Å²) >= 11 is 0.945. The van der Waals surface area contributed by atoms with Crippen LogP contribution in [-0.2, 0) is 42.5 Å². The molecule has 1 aliphatic heterocycles. The summed E-state index contributed by atoms with van der Waals surface area (Å²) in [6, 6.07) is -0.974. The van der Waals surface area contributed by atoms with Crippen LogP contribution in [-0.4, -0.2) is 83.5 Å². The fourth-order valence-electron chi connectivity index (χ4n) is 2.90. The number of nitrogen functional groups attached to an aromatic ring is 1. The molecule has 3 heterocycles. The van der Waals surface area contributed by atoms with Crippen LogP contribution in [0.2, 0.25) is 0 Å². The minimum absolute atomic E-state index is 0.0519. The Balaban J connectivity index is 1.88. The molecule has 1 fully saturated rings. The van der Waals surface area contributed by atoms with E-state index in [0.717, 1.165) is 16.1 Å². The van der Waals surface area contributed by atoms with Crippen molar-refractivity contribution in [1.29, 1.82) is 5.26 Å². The number of aromatic nitrogens is 4. The monoisotopic (exact) mass is 541 g/mol. The van der Waals surface area contributed by atoms with Crippen molar-refractivity contribution >= 4 is 50.3 Å². The molecule has 1 aliphatic rings. The SMILES string of the molecule is CC(C)(O/N=C(\C(=O)NC1C(=O)N(S(=O)(=O)O)C1Cn1ncc(CC#N)n1)c1csc(N)n1)C(=O)O. The first-order valence-corrected chi connectivity index (χ1v) is 12.1. The number of amides is 2. The number of nitriles is 1. The van der Waals surface area contributed by atoms with Gasteiger partial charge in [0.25, 0.3) is 11.8 Å². The van der Waals surface area contributed by atoms with Crippen molar-refractivity contribution in [2.45, 2.75) is 44.5 Å². The van der Waals surface area contributed by atoms with Gasteiger partial charge in [-0.05, 0) is 13.8 Å². The van der Waals surface area contributed by atoms with Crippen molar-refractivity contribution in [2.75, 3.05) is 5.73 Å². The first-order valence-electron chi connectivity index (χ1n) is 9.83. The number of hydrogen-bond donors (Lipinski definition) is 4. The van der Waals surface area contributed by atoms with Crippen LogP contribution in [0.3, 0.4) is 0 Å². The second-order valence-electron chi connectivity index (χ2n) is 7.77. The Hall–Kier alpha value is -4.15. The van der Waals surface area contributed by atoms with E-state index in [4.69, 9.17) is 15.8 Å². The van der Waals surface area contributed by atoms with Crippen molar-refractivity contribution in [3.05, 3.63) is 23.0 Å². The highest BCUT2D eigenvalue weighted by molar-refractivity contribution is 7.84. The van der Waals surface area contributed by atoms with E-state index in [0.29, 0.717) is 0 Å². The van der Waals surface area contributed by atoms with Crippen molar-refractivity contribution < 1.29 is 37.3 Å². The normalized spacial score (nSPS) is 18.3. The van der Waals surface area contributed by atoms with Gasteiger partial charge in [0.15, 0.2) is 10.8 Å². The van der Waals surface area contributed by atoms with Gasteiger partial charge >= 0.3 is 16.3 Å². The van der Waals surface area contributed by atoms with E-state index in [-0.39, 0.29) is 33.8 Å². The van der Waals surface area contributed by atoms with Crippen LogP contribution in [0.5, 0.6) is 0 Å². The van der Waals surface area contributed by atoms with Crippen LogP contribution in [0.1, 0.15) is 25.2 Å². The highest BCUT2D eigenvalue weighted by atomic mass is 32.2.